The van der Waals surface area contributed by atoms with Crippen LogP contribution in [0.4, 0.5) is 5.82 Å². The van der Waals surface area contributed by atoms with Gasteiger partial charge in [0.15, 0.2) is 0 Å². The van der Waals surface area contributed by atoms with Crippen LogP contribution in [0.5, 0.6) is 0 Å². The molecule has 4 nitrogen and oxygen atoms in total. The fraction of sp³-hybridized carbons (Fsp3) is 0.667. The quantitative estimate of drug-likeness (QED) is 0.754. The lowest BCUT2D eigenvalue weighted by Crippen LogP contribution is -2.34. The highest BCUT2D eigenvalue weighted by Gasteiger charge is 2.32. The van der Waals surface area contributed by atoms with Crippen molar-refractivity contribution in [1.82, 2.24) is 14.9 Å². The van der Waals surface area contributed by atoms with Crippen LogP contribution in [0.25, 0.3) is 0 Å². The van der Waals surface area contributed by atoms with E-state index in [1.165, 1.54) is 0 Å². The molecule has 0 amide bonds. The Bertz CT molecular complexity index is 407. The topological polar surface area (TPSA) is 32.3 Å². The number of halogens is 1. The first kappa shape index (κ1) is 12.6. The third-order valence-corrected chi connectivity index (χ3v) is 3.91. The molecule has 1 aliphatic heterocycles. The summed E-state index contributed by atoms with van der Waals surface area (Å²) in [6.07, 6.45) is 1.54. The molecular weight excluding hydrogens is 236 g/mol. The molecule has 0 aromatic carbocycles. The molecule has 1 fully saturated rings. The molecule has 94 valence electrons. The summed E-state index contributed by atoms with van der Waals surface area (Å²) >= 11 is 6.04. The summed E-state index contributed by atoms with van der Waals surface area (Å²) in [4.78, 5) is 12.9. The van der Waals surface area contributed by atoms with Gasteiger partial charge in [-0.25, -0.2) is 9.97 Å². The van der Waals surface area contributed by atoms with Crippen molar-refractivity contribution in [1.29, 1.82) is 0 Å². The molecule has 5 heteroatoms. The van der Waals surface area contributed by atoms with E-state index in [4.69, 9.17) is 11.6 Å². The molecule has 17 heavy (non-hydrogen) atoms. The highest BCUT2D eigenvalue weighted by molar-refractivity contribution is 6.30. The number of aromatic nitrogens is 2. The van der Waals surface area contributed by atoms with Gasteiger partial charge in [-0.15, -0.1) is 0 Å². The third kappa shape index (κ3) is 2.38. The normalized spacial score (nSPS) is 24.7. The molecule has 0 aliphatic carbocycles. The van der Waals surface area contributed by atoms with Gasteiger partial charge in [0.25, 0.3) is 0 Å². The largest absolute Gasteiger partial charge is 0.354 e. The molecule has 1 aliphatic rings. The van der Waals surface area contributed by atoms with E-state index >= 15 is 0 Å². The van der Waals surface area contributed by atoms with Gasteiger partial charge in [-0.1, -0.05) is 18.5 Å². The molecule has 2 atom stereocenters. The minimum Gasteiger partial charge on any atom is -0.354 e. The first-order chi connectivity index (χ1) is 8.00. The van der Waals surface area contributed by atoms with Crippen LogP contribution in [-0.4, -0.2) is 48.1 Å². The first-order valence-electron chi connectivity index (χ1n) is 5.89. The minimum absolute atomic E-state index is 0.552. The van der Waals surface area contributed by atoms with Crippen molar-refractivity contribution < 1.29 is 0 Å². The summed E-state index contributed by atoms with van der Waals surface area (Å²) in [7, 11) is 4.26. The second kappa shape index (κ2) is 4.78. The summed E-state index contributed by atoms with van der Waals surface area (Å²) in [5, 5.41) is 0.552. The van der Waals surface area contributed by atoms with Crippen molar-refractivity contribution in [3.05, 3.63) is 17.0 Å². The van der Waals surface area contributed by atoms with Crippen LogP contribution in [0.15, 0.2) is 6.33 Å². The van der Waals surface area contributed by atoms with Gasteiger partial charge >= 0.3 is 0 Å². The summed E-state index contributed by atoms with van der Waals surface area (Å²) in [6.45, 7) is 6.29. The van der Waals surface area contributed by atoms with Gasteiger partial charge in [0, 0.05) is 24.7 Å². The Kier molecular flexibility index (Phi) is 3.54. The molecule has 0 radical (unpaired) electrons. The molecule has 1 saturated heterocycles. The van der Waals surface area contributed by atoms with Gasteiger partial charge < -0.3 is 9.80 Å². The van der Waals surface area contributed by atoms with Crippen LogP contribution in [0, 0.1) is 12.8 Å². The highest BCUT2D eigenvalue weighted by Crippen LogP contribution is 2.28. The van der Waals surface area contributed by atoms with E-state index in [0.717, 1.165) is 24.5 Å². The lowest BCUT2D eigenvalue weighted by molar-refractivity contribution is 0.266. The molecule has 0 N–H and O–H groups in total. The van der Waals surface area contributed by atoms with Gasteiger partial charge in [-0.3, -0.25) is 0 Å². The van der Waals surface area contributed by atoms with Crippen molar-refractivity contribution in [3.63, 3.8) is 0 Å². The summed E-state index contributed by atoms with van der Waals surface area (Å²) in [6, 6.07) is 0.572. The second-order valence-corrected chi connectivity index (χ2v) is 5.38. The zero-order valence-electron chi connectivity index (χ0n) is 10.8. The van der Waals surface area contributed by atoms with Crippen molar-refractivity contribution in [3.8, 4) is 0 Å². The Hall–Kier alpha value is -0.870. The van der Waals surface area contributed by atoms with Crippen molar-refractivity contribution in [2.24, 2.45) is 5.92 Å². The second-order valence-electron chi connectivity index (χ2n) is 5.03. The van der Waals surface area contributed by atoms with Crippen molar-refractivity contribution in [2.75, 3.05) is 32.1 Å². The standard InChI is InChI=1S/C12H19ClN4/c1-8-5-17(6-10(8)16(3)4)12-9(2)11(13)14-7-15-12/h7-8,10H,5-6H2,1-4H3. The summed E-state index contributed by atoms with van der Waals surface area (Å²) < 4.78 is 0. The zero-order chi connectivity index (χ0) is 12.6. The van der Waals surface area contributed by atoms with Crippen molar-refractivity contribution >= 4 is 17.4 Å². The van der Waals surface area contributed by atoms with E-state index in [1.807, 2.05) is 6.92 Å². The molecule has 1 aromatic rings. The minimum atomic E-state index is 0.552. The maximum absolute atomic E-state index is 6.04. The Morgan fingerprint density at radius 1 is 1.35 bits per heavy atom. The summed E-state index contributed by atoms with van der Waals surface area (Å²) in [5.74, 6) is 1.61. The average Bonchev–Trinajstić information content (AvgIpc) is 2.64. The van der Waals surface area contributed by atoms with Crippen LogP contribution in [0.2, 0.25) is 5.15 Å². The van der Waals surface area contributed by atoms with E-state index in [9.17, 15) is 0 Å². The molecular formula is C12H19ClN4. The Labute approximate surface area is 108 Å². The number of anilines is 1. The zero-order valence-corrected chi connectivity index (χ0v) is 11.6. The van der Waals surface area contributed by atoms with Crippen LogP contribution < -0.4 is 4.90 Å². The molecule has 1 aromatic heterocycles. The Morgan fingerprint density at radius 3 is 2.65 bits per heavy atom. The van der Waals surface area contributed by atoms with Crippen LogP contribution in [-0.2, 0) is 0 Å². The SMILES string of the molecule is Cc1c(Cl)ncnc1N1CC(C)C(N(C)C)C1. The number of hydrogen-bond acceptors (Lipinski definition) is 4. The van der Waals surface area contributed by atoms with E-state index in [0.29, 0.717) is 17.1 Å². The molecule has 0 spiro atoms. The highest BCUT2D eigenvalue weighted by atomic mass is 35.5. The fourth-order valence-electron chi connectivity index (χ4n) is 2.53. The predicted octanol–water partition coefficient (Wildman–Crippen LogP) is 1.82. The van der Waals surface area contributed by atoms with Crippen LogP contribution >= 0.6 is 11.6 Å². The van der Waals surface area contributed by atoms with Crippen molar-refractivity contribution in [2.45, 2.75) is 19.9 Å². The number of hydrogen-bond donors (Lipinski definition) is 0. The fourth-order valence-corrected chi connectivity index (χ4v) is 2.66. The average molecular weight is 255 g/mol. The van der Waals surface area contributed by atoms with Gasteiger partial charge in [0.2, 0.25) is 0 Å². The van der Waals surface area contributed by atoms with Gasteiger partial charge in [0.1, 0.15) is 17.3 Å². The molecule has 2 rings (SSSR count). The maximum atomic E-state index is 6.04. The predicted molar refractivity (Wildman–Crippen MR) is 70.6 cm³/mol. The number of likely N-dealkylation sites (N-methyl/N-ethyl adjacent to an activating group) is 1. The van der Waals surface area contributed by atoms with Gasteiger partial charge in [0.05, 0.1) is 0 Å². The Balaban J connectivity index is 2.23. The smallest absolute Gasteiger partial charge is 0.137 e. The Morgan fingerprint density at radius 2 is 2.06 bits per heavy atom. The maximum Gasteiger partial charge on any atom is 0.137 e. The molecule has 0 saturated carbocycles. The van der Waals surface area contributed by atoms with E-state index in [2.05, 4.69) is 40.8 Å². The lowest BCUT2D eigenvalue weighted by Gasteiger charge is -2.23. The van der Waals surface area contributed by atoms with E-state index in [1.54, 1.807) is 6.33 Å². The molecule has 0 bridgehead atoms. The third-order valence-electron chi connectivity index (χ3n) is 3.53. The number of rotatable bonds is 2. The van der Waals surface area contributed by atoms with Gasteiger partial charge in [-0.2, -0.15) is 0 Å². The van der Waals surface area contributed by atoms with E-state index < -0.39 is 0 Å². The number of nitrogens with zero attached hydrogens (tertiary/aromatic N) is 4. The lowest BCUT2D eigenvalue weighted by atomic mass is 10.1. The van der Waals surface area contributed by atoms with Crippen LogP contribution in [0.1, 0.15) is 12.5 Å². The molecule has 2 heterocycles. The van der Waals surface area contributed by atoms with Crippen LogP contribution in [0.3, 0.4) is 0 Å². The summed E-state index contributed by atoms with van der Waals surface area (Å²) in [5.41, 5.74) is 0.973. The van der Waals surface area contributed by atoms with Gasteiger partial charge in [-0.05, 0) is 26.9 Å². The first-order valence-corrected chi connectivity index (χ1v) is 6.27. The monoisotopic (exact) mass is 254 g/mol. The van der Waals surface area contributed by atoms with E-state index in [-0.39, 0.29) is 0 Å². The molecule has 2 unspecified atom stereocenters.